The topological polar surface area (TPSA) is 70.4 Å². The second-order valence-electron chi connectivity index (χ2n) is 6.34. The highest BCUT2D eigenvalue weighted by molar-refractivity contribution is 7.51. The van der Waals surface area contributed by atoms with Crippen molar-refractivity contribution < 1.29 is 14.4 Å². The fourth-order valence-electron chi connectivity index (χ4n) is 3.26. The molecular formula is C21H18NO3P. The van der Waals surface area contributed by atoms with E-state index in [1.165, 1.54) is 5.39 Å². The lowest BCUT2D eigenvalue weighted by atomic mass is 9.96. The van der Waals surface area contributed by atoms with Gasteiger partial charge in [0.2, 0.25) is 0 Å². The summed E-state index contributed by atoms with van der Waals surface area (Å²) in [6.07, 6.45) is 0.0615. The molecule has 0 atom stereocenters. The van der Waals surface area contributed by atoms with Crippen molar-refractivity contribution in [2.45, 2.75) is 6.42 Å². The zero-order chi connectivity index (χ0) is 18.1. The summed E-state index contributed by atoms with van der Waals surface area (Å²) >= 11 is 0. The van der Waals surface area contributed by atoms with Gasteiger partial charge in [-0.15, -0.1) is 0 Å². The van der Waals surface area contributed by atoms with E-state index in [2.05, 4.69) is 24.3 Å². The van der Waals surface area contributed by atoms with Crippen LogP contribution in [-0.4, -0.2) is 20.9 Å². The van der Waals surface area contributed by atoms with E-state index in [1.807, 2.05) is 48.5 Å². The molecule has 5 heteroatoms. The second kappa shape index (κ2) is 6.65. The number of para-hydroxylation sites is 1. The fourth-order valence-corrected chi connectivity index (χ4v) is 3.78. The molecule has 1 heterocycles. The zero-order valence-electron chi connectivity index (χ0n) is 14.0. The minimum atomic E-state index is -4.03. The summed E-state index contributed by atoms with van der Waals surface area (Å²) in [5, 5.41) is 3.33. The minimum Gasteiger partial charge on any atom is -0.324 e. The van der Waals surface area contributed by atoms with Crippen molar-refractivity contribution in [1.82, 2.24) is 4.98 Å². The largest absolute Gasteiger partial charge is 0.325 e. The van der Waals surface area contributed by atoms with Gasteiger partial charge in [0, 0.05) is 23.1 Å². The van der Waals surface area contributed by atoms with Gasteiger partial charge in [0.05, 0.1) is 11.7 Å². The Morgan fingerprint density at radius 3 is 2.27 bits per heavy atom. The van der Waals surface area contributed by atoms with Gasteiger partial charge >= 0.3 is 7.60 Å². The van der Waals surface area contributed by atoms with Crippen LogP contribution in [0.3, 0.4) is 0 Å². The molecular weight excluding hydrogens is 345 g/mol. The molecule has 0 spiro atoms. The molecule has 0 fully saturated rings. The molecule has 3 aromatic carbocycles. The maximum atomic E-state index is 11.2. The highest BCUT2D eigenvalue weighted by Crippen LogP contribution is 2.36. The van der Waals surface area contributed by atoms with Crippen molar-refractivity contribution >= 4 is 29.3 Å². The molecule has 0 aliphatic rings. The van der Waals surface area contributed by atoms with Crippen molar-refractivity contribution in [3.8, 4) is 11.1 Å². The Morgan fingerprint density at radius 2 is 1.46 bits per heavy atom. The van der Waals surface area contributed by atoms with Gasteiger partial charge in [0.1, 0.15) is 0 Å². The molecule has 130 valence electrons. The van der Waals surface area contributed by atoms with Crippen LogP contribution >= 0.6 is 7.60 Å². The van der Waals surface area contributed by atoms with Gasteiger partial charge in [-0.1, -0.05) is 66.7 Å². The number of fused-ring (bicyclic) bond motifs is 2. The molecule has 4 nitrogen and oxygen atoms in total. The van der Waals surface area contributed by atoms with E-state index in [-0.39, 0.29) is 12.6 Å². The first-order chi connectivity index (χ1) is 12.5. The lowest BCUT2D eigenvalue weighted by molar-refractivity contribution is 0.373. The van der Waals surface area contributed by atoms with E-state index in [0.717, 1.165) is 27.4 Å². The standard InChI is InChI=1S/C21H18NO3P/c23-26(24,25)14-13-17-12-11-16-7-4-10-20(21(16)22-17)19-9-3-6-15-5-1-2-8-18(15)19/h1-12H,13-14H2,(H2,23,24,25). The van der Waals surface area contributed by atoms with E-state index in [9.17, 15) is 4.57 Å². The summed E-state index contributed by atoms with van der Waals surface area (Å²) < 4.78 is 11.2. The first-order valence-electron chi connectivity index (χ1n) is 8.43. The van der Waals surface area contributed by atoms with E-state index in [0.29, 0.717) is 5.69 Å². The van der Waals surface area contributed by atoms with Crippen LogP contribution in [0.4, 0.5) is 0 Å². The van der Waals surface area contributed by atoms with Gasteiger partial charge < -0.3 is 9.79 Å². The lowest BCUT2D eigenvalue weighted by Crippen LogP contribution is -1.97. The summed E-state index contributed by atoms with van der Waals surface area (Å²) in [6, 6.07) is 24.3. The van der Waals surface area contributed by atoms with Crippen molar-refractivity contribution in [2.75, 3.05) is 6.16 Å². The fraction of sp³-hybridized carbons (Fsp3) is 0.0952. The van der Waals surface area contributed by atoms with Gasteiger partial charge in [0.15, 0.2) is 0 Å². The number of nitrogens with zero attached hydrogens (tertiary/aromatic N) is 1. The van der Waals surface area contributed by atoms with Crippen LogP contribution in [0.15, 0.2) is 72.8 Å². The molecule has 0 aliphatic heterocycles. The number of rotatable bonds is 4. The van der Waals surface area contributed by atoms with Crippen LogP contribution in [0.25, 0.3) is 32.8 Å². The summed E-state index contributed by atoms with van der Waals surface area (Å²) in [7, 11) is -4.03. The van der Waals surface area contributed by atoms with Crippen LogP contribution in [0.1, 0.15) is 5.69 Å². The Morgan fingerprint density at radius 1 is 0.769 bits per heavy atom. The molecule has 2 N–H and O–H groups in total. The number of hydrogen-bond acceptors (Lipinski definition) is 2. The van der Waals surface area contributed by atoms with Gasteiger partial charge in [-0.05, 0) is 22.4 Å². The van der Waals surface area contributed by atoms with E-state index >= 15 is 0 Å². The predicted octanol–water partition coefficient (Wildman–Crippen LogP) is 4.78. The first kappa shape index (κ1) is 16.9. The van der Waals surface area contributed by atoms with Crippen LogP contribution in [0, 0.1) is 0 Å². The molecule has 26 heavy (non-hydrogen) atoms. The Bertz CT molecular complexity index is 1140. The average molecular weight is 363 g/mol. The van der Waals surface area contributed by atoms with Gasteiger partial charge in [-0.2, -0.15) is 0 Å². The molecule has 0 aliphatic carbocycles. The highest BCUT2D eigenvalue weighted by atomic mass is 31.2. The molecule has 0 saturated carbocycles. The molecule has 0 unspecified atom stereocenters. The van der Waals surface area contributed by atoms with Gasteiger partial charge in [-0.25, -0.2) is 0 Å². The Hall–Kier alpha value is -2.52. The maximum absolute atomic E-state index is 11.2. The smallest absolute Gasteiger partial charge is 0.324 e. The molecule has 1 aromatic heterocycles. The normalized spacial score (nSPS) is 11.9. The van der Waals surface area contributed by atoms with Gasteiger partial charge in [-0.3, -0.25) is 9.55 Å². The summed E-state index contributed by atoms with van der Waals surface area (Å²) in [5.74, 6) is 0. The summed E-state index contributed by atoms with van der Waals surface area (Å²) in [6.45, 7) is 0. The molecule has 0 amide bonds. The SMILES string of the molecule is O=P(O)(O)CCc1ccc2cccc(-c3cccc4ccccc34)c2n1. The van der Waals surface area contributed by atoms with E-state index in [4.69, 9.17) is 14.8 Å². The first-order valence-corrected chi connectivity index (χ1v) is 10.2. The summed E-state index contributed by atoms with van der Waals surface area (Å²) in [5.41, 5.74) is 3.67. The number of benzene rings is 3. The van der Waals surface area contributed by atoms with E-state index in [1.54, 1.807) is 0 Å². The maximum Gasteiger partial charge on any atom is 0.325 e. The third kappa shape index (κ3) is 3.40. The Labute approximate surface area is 151 Å². The number of aromatic nitrogens is 1. The predicted molar refractivity (Wildman–Crippen MR) is 105 cm³/mol. The number of hydrogen-bond donors (Lipinski definition) is 2. The van der Waals surface area contributed by atoms with Crippen LogP contribution in [0.2, 0.25) is 0 Å². The number of aryl methyl sites for hydroxylation is 1. The monoisotopic (exact) mass is 363 g/mol. The third-order valence-electron chi connectivity index (χ3n) is 4.52. The van der Waals surface area contributed by atoms with E-state index < -0.39 is 7.60 Å². The van der Waals surface area contributed by atoms with Crippen molar-refractivity contribution in [3.63, 3.8) is 0 Å². The molecule has 0 saturated heterocycles. The van der Waals surface area contributed by atoms with Crippen LogP contribution < -0.4 is 0 Å². The minimum absolute atomic E-state index is 0.193. The zero-order valence-corrected chi connectivity index (χ0v) is 14.9. The molecule has 0 bridgehead atoms. The molecule has 0 radical (unpaired) electrons. The number of pyridine rings is 1. The highest BCUT2D eigenvalue weighted by Gasteiger charge is 2.14. The van der Waals surface area contributed by atoms with Gasteiger partial charge in [0.25, 0.3) is 0 Å². The molecule has 4 rings (SSSR count). The Balaban J connectivity index is 1.88. The van der Waals surface area contributed by atoms with Crippen molar-refractivity contribution in [1.29, 1.82) is 0 Å². The summed E-state index contributed by atoms with van der Waals surface area (Å²) in [4.78, 5) is 23.0. The van der Waals surface area contributed by atoms with Crippen LogP contribution in [-0.2, 0) is 11.0 Å². The van der Waals surface area contributed by atoms with Crippen molar-refractivity contribution in [2.24, 2.45) is 0 Å². The van der Waals surface area contributed by atoms with Crippen molar-refractivity contribution in [3.05, 3.63) is 78.5 Å². The third-order valence-corrected chi connectivity index (χ3v) is 5.32. The quantitative estimate of drug-likeness (QED) is 0.512. The average Bonchev–Trinajstić information content (AvgIpc) is 2.65. The lowest BCUT2D eigenvalue weighted by Gasteiger charge is -2.11. The second-order valence-corrected chi connectivity index (χ2v) is 8.12. The molecule has 4 aromatic rings. The Kier molecular flexibility index (Phi) is 4.33. The van der Waals surface area contributed by atoms with Crippen LogP contribution in [0.5, 0.6) is 0 Å².